The molecule has 4 heterocycles. The molecule has 1 aromatic carbocycles. The number of nitrogens with one attached hydrogen (secondary N) is 1. The maximum absolute atomic E-state index is 6.51. The van der Waals surface area contributed by atoms with Crippen molar-refractivity contribution in [2.24, 2.45) is 0 Å². The lowest BCUT2D eigenvalue weighted by Gasteiger charge is -2.31. The number of ether oxygens (including phenoxy) is 2. The first-order valence-corrected chi connectivity index (χ1v) is 11.5. The molecule has 0 unspecified atom stereocenters. The highest BCUT2D eigenvalue weighted by molar-refractivity contribution is 5.85. The number of hydrogen-bond acceptors (Lipinski definition) is 9. The zero-order valence-corrected chi connectivity index (χ0v) is 18.3. The number of nitrogens with zero attached hydrogens (tertiary/aromatic N) is 5. The highest BCUT2D eigenvalue weighted by atomic mass is 16.5. The molecule has 1 aliphatic carbocycles. The molecule has 9 nitrogen and oxygen atoms in total. The summed E-state index contributed by atoms with van der Waals surface area (Å²) in [6.45, 7) is 3.22. The third kappa shape index (κ3) is 4.28. The van der Waals surface area contributed by atoms with E-state index in [2.05, 4.69) is 42.3 Å². The molecule has 9 heteroatoms. The first-order chi connectivity index (χ1) is 16.3. The number of furan rings is 1. The van der Waals surface area contributed by atoms with E-state index in [1.54, 1.807) is 24.9 Å². The van der Waals surface area contributed by atoms with Gasteiger partial charge >= 0.3 is 0 Å². The Morgan fingerprint density at radius 2 is 1.82 bits per heavy atom. The lowest BCUT2D eigenvalue weighted by molar-refractivity contribution is 0.122. The summed E-state index contributed by atoms with van der Waals surface area (Å²) in [7, 11) is 0. The molecular weight excluding hydrogens is 420 g/mol. The predicted molar refractivity (Wildman–Crippen MR) is 125 cm³/mol. The zero-order valence-electron chi connectivity index (χ0n) is 18.3. The van der Waals surface area contributed by atoms with Gasteiger partial charge in [-0.1, -0.05) is 0 Å². The maximum Gasteiger partial charge on any atom is 0.223 e. The third-order valence-electron chi connectivity index (χ3n) is 6.40. The Morgan fingerprint density at radius 3 is 2.70 bits per heavy atom. The summed E-state index contributed by atoms with van der Waals surface area (Å²) in [6, 6.07) is 6.38. The van der Waals surface area contributed by atoms with Gasteiger partial charge in [0.2, 0.25) is 5.95 Å². The van der Waals surface area contributed by atoms with Gasteiger partial charge in [-0.05, 0) is 31.7 Å². The number of hydrogen-bond donors (Lipinski definition) is 1. The fourth-order valence-corrected chi connectivity index (χ4v) is 4.65. The molecule has 0 atom stereocenters. The second-order valence-electron chi connectivity index (χ2n) is 8.57. The van der Waals surface area contributed by atoms with Gasteiger partial charge in [-0.2, -0.15) is 0 Å². The van der Waals surface area contributed by atoms with E-state index in [0.29, 0.717) is 17.6 Å². The largest absolute Gasteiger partial charge is 0.488 e. The Labute approximate surface area is 191 Å². The monoisotopic (exact) mass is 446 g/mol. The Kier molecular flexibility index (Phi) is 5.39. The van der Waals surface area contributed by atoms with Crippen molar-refractivity contribution in [2.75, 3.05) is 36.5 Å². The van der Waals surface area contributed by atoms with Crippen LogP contribution in [-0.2, 0) is 4.74 Å². The Bertz CT molecular complexity index is 1250. The molecule has 1 saturated heterocycles. The molecule has 0 radical (unpaired) electrons. The van der Waals surface area contributed by atoms with Gasteiger partial charge in [-0.25, -0.2) is 15.0 Å². The number of morpholine rings is 1. The van der Waals surface area contributed by atoms with Crippen LogP contribution in [0, 0.1) is 0 Å². The molecule has 0 bridgehead atoms. The number of fused-ring (bicyclic) bond motifs is 2. The van der Waals surface area contributed by atoms with Gasteiger partial charge < -0.3 is 24.1 Å². The highest BCUT2D eigenvalue weighted by Crippen LogP contribution is 2.33. The van der Waals surface area contributed by atoms with E-state index in [1.165, 1.54) is 0 Å². The van der Waals surface area contributed by atoms with Crippen molar-refractivity contribution in [1.29, 1.82) is 0 Å². The SMILES string of the molecule is c1cnc2c(OC3CCC(Nc4ncc5occc5n4)CC3)cc(N3CCOCC3)cc2n1. The Morgan fingerprint density at radius 1 is 0.970 bits per heavy atom. The Balaban J connectivity index is 1.14. The molecule has 1 N–H and O–H groups in total. The molecular formula is C24H26N6O3. The van der Waals surface area contributed by atoms with E-state index in [4.69, 9.17) is 13.9 Å². The van der Waals surface area contributed by atoms with Crippen LogP contribution in [0.1, 0.15) is 25.7 Å². The second-order valence-corrected chi connectivity index (χ2v) is 8.57. The molecule has 1 saturated carbocycles. The second kappa shape index (κ2) is 8.82. The van der Waals surface area contributed by atoms with Crippen LogP contribution in [0.25, 0.3) is 22.1 Å². The van der Waals surface area contributed by atoms with Crippen molar-refractivity contribution in [3.8, 4) is 5.75 Å². The molecule has 1 aliphatic heterocycles. The summed E-state index contributed by atoms with van der Waals surface area (Å²) in [4.78, 5) is 20.3. The molecule has 2 aliphatic rings. The van der Waals surface area contributed by atoms with Crippen molar-refractivity contribution in [3.05, 3.63) is 43.1 Å². The minimum atomic E-state index is 0.144. The van der Waals surface area contributed by atoms with Crippen molar-refractivity contribution in [2.45, 2.75) is 37.8 Å². The molecule has 6 rings (SSSR count). The van der Waals surface area contributed by atoms with Crippen LogP contribution in [0.15, 0.2) is 47.5 Å². The van der Waals surface area contributed by atoms with Gasteiger partial charge in [0.15, 0.2) is 5.58 Å². The van der Waals surface area contributed by atoms with Gasteiger partial charge in [0.05, 0.1) is 37.3 Å². The van der Waals surface area contributed by atoms with E-state index >= 15 is 0 Å². The minimum Gasteiger partial charge on any atom is -0.488 e. The first kappa shape index (κ1) is 20.2. The summed E-state index contributed by atoms with van der Waals surface area (Å²) < 4.78 is 17.3. The van der Waals surface area contributed by atoms with Crippen LogP contribution < -0.4 is 15.0 Å². The van der Waals surface area contributed by atoms with Gasteiger partial charge in [-0.3, -0.25) is 4.98 Å². The summed E-state index contributed by atoms with van der Waals surface area (Å²) >= 11 is 0. The molecule has 170 valence electrons. The molecule has 0 amide bonds. The standard InChI is InChI=1S/C24H26N6O3/c1-3-18(4-2-16(1)28-24-27-15-22-19(29-24)5-10-32-22)33-21-14-17(30-8-11-31-12-9-30)13-20-23(21)26-7-6-25-20/h5-7,10,13-16,18H,1-4,8-9,11-12H2,(H,27,28,29). The van der Waals surface area contributed by atoms with Gasteiger partial charge in [0.1, 0.15) is 16.8 Å². The first-order valence-electron chi connectivity index (χ1n) is 11.5. The van der Waals surface area contributed by atoms with Crippen molar-refractivity contribution in [1.82, 2.24) is 19.9 Å². The number of anilines is 2. The fourth-order valence-electron chi connectivity index (χ4n) is 4.65. The van der Waals surface area contributed by atoms with E-state index in [9.17, 15) is 0 Å². The summed E-state index contributed by atoms with van der Waals surface area (Å²) in [5.41, 5.74) is 4.31. The van der Waals surface area contributed by atoms with Gasteiger partial charge in [0.25, 0.3) is 0 Å². The maximum atomic E-state index is 6.51. The summed E-state index contributed by atoms with van der Waals surface area (Å²) in [6.07, 6.45) is 10.8. The average molecular weight is 447 g/mol. The van der Waals surface area contributed by atoms with Crippen LogP contribution in [-0.4, -0.2) is 58.4 Å². The third-order valence-corrected chi connectivity index (χ3v) is 6.40. The fraction of sp³-hybridized carbons (Fsp3) is 0.417. The minimum absolute atomic E-state index is 0.144. The number of aromatic nitrogens is 4. The Hall–Kier alpha value is -3.46. The summed E-state index contributed by atoms with van der Waals surface area (Å²) in [5.74, 6) is 1.46. The molecule has 3 aromatic heterocycles. The smallest absolute Gasteiger partial charge is 0.223 e. The quantitative estimate of drug-likeness (QED) is 0.491. The topological polar surface area (TPSA) is 98.4 Å². The van der Waals surface area contributed by atoms with E-state index in [-0.39, 0.29) is 6.10 Å². The average Bonchev–Trinajstić information content (AvgIpc) is 3.34. The molecule has 0 spiro atoms. The van der Waals surface area contributed by atoms with Crippen molar-refractivity contribution >= 4 is 33.8 Å². The van der Waals surface area contributed by atoms with Gasteiger partial charge in [-0.15, -0.1) is 0 Å². The molecule has 4 aromatic rings. The van der Waals surface area contributed by atoms with Crippen LogP contribution in [0.3, 0.4) is 0 Å². The van der Waals surface area contributed by atoms with E-state index < -0.39 is 0 Å². The van der Waals surface area contributed by atoms with Crippen molar-refractivity contribution in [3.63, 3.8) is 0 Å². The summed E-state index contributed by atoms with van der Waals surface area (Å²) in [5, 5.41) is 3.47. The lowest BCUT2D eigenvalue weighted by Crippen LogP contribution is -2.36. The zero-order chi connectivity index (χ0) is 22.0. The van der Waals surface area contributed by atoms with Gasteiger partial charge in [0, 0.05) is 49.3 Å². The number of benzene rings is 1. The lowest BCUT2D eigenvalue weighted by atomic mass is 9.93. The van der Waals surface area contributed by atoms with Crippen LogP contribution >= 0.6 is 0 Å². The van der Waals surface area contributed by atoms with Crippen LogP contribution in [0.2, 0.25) is 0 Å². The normalized spacial score (nSPS) is 21.4. The highest BCUT2D eigenvalue weighted by Gasteiger charge is 2.25. The van der Waals surface area contributed by atoms with E-state index in [0.717, 1.165) is 80.0 Å². The van der Waals surface area contributed by atoms with Crippen molar-refractivity contribution < 1.29 is 13.9 Å². The predicted octanol–water partition coefficient (Wildman–Crippen LogP) is 3.80. The van der Waals surface area contributed by atoms with Crippen LogP contribution in [0.5, 0.6) is 5.75 Å². The van der Waals surface area contributed by atoms with E-state index in [1.807, 2.05) is 6.07 Å². The number of rotatable bonds is 5. The van der Waals surface area contributed by atoms with Crippen LogP contribution in [0.4, 0.5) is 11.6 Å². The molecule has 33 heavy (non-hydrogen) atoms. The molecule has 2 fully saturated rings.